The van der Waals surface area contributed by atoms with Crippen molar-refractivity contribution >= 4 is 5.97 Å². The number of aliphatic hydroxyl groups is 1. The van der Waals surface area contributed by atoms with Crippen molar-refractivity contribution in [2.24, 2.45) is 11.3 Å². The molecule has 110 valence electrons. The van der Waals surface area contributed by atoms with E-state index >= 15 is 0 Å². The van der Waals surface area contributed by atoms with Crippen molar-refractivity contribution in [2.45, 2.75) is 50.9 Å². The van der Waals surface area contributed by atoms with Crippen LogP contribution < -0.4 is 0 Å². The molecule has 2 bridgehead atoms. The molecule has 2 N–H and O–H groups in total. The lowest BCUT2D eigenvalue weighted by Crippen LogP contribution is -2.48. The van der Waals surface area contributed by atoms with E-state index in [4.69, 9.17) is 9.99 Å². The van der Waals surface area contributed by atoms with Crippen LogP contribution in [-0.2, 0) is 14.4 Å². The van der Waals surface area contributed by atoms with Gasteiger partial charge in [0.05, 0.1) is 6.10 Å². The van der Waals surface area contributed by atoms with Gasteiger partial charge in [-0.3, -0.25) is 5.26 Å². The first-order chi connectivity index (χ1) is 9.46. The number of allylic oxidation sites excluding steroid dienone is 1. The Kier molecular flexibility index (Phi) is 3.23. The third-order valence-electron chi connectivity index (χ3n) is 5.14. The van der Waals surface area contributed by atoms with Gasteiger partial charge in [0.2, 0.25) is 0 Å². The number of esters is 1. The fraction of sp³-hybridized carbons (Fsp3) is 0.667. The normalized spacial score (nSPS) is 44.2. The molecule has 5 atom stereocenters. The highest BCUT2D eigenvalue weighted by Gasteiger charge is 2.51. The Morgan fingerprint density at radius 3 is 3.00 bits per heavy atom. The lowest BCUT2D eigenvalue weighted by atomic mass is 9.64. The fourth-order valence-electron chi connectivity index (χ4n) is 3.76. The molecule has 3 aliphatic rings. The van der Waals surface area contributed by atoms with E-state index < -0.39 is 18.2 Å². The molecule has 5 heteroatoms. The summed E-state index contributed by atoms with van der Waals surface area (Å²) in [4.78, 5) is 16.3. The van der Waals surface area contributed by atoms with Crippen LogP contribution in [0.2, 0.25) is 0 Å². The molecule has 0 aromatic carbocycles. The third kappa shape index (κ3) is 1.92. The summed E-state index contributed by atoms with van der Waals surface area (Å²) in [6.07, 6.45) is 3.06. The van der Waals surface area contributed by atoms with Gasteiger partial charge in [-0.25, -0.2) is 9.68 Å². The van der Waals surface area contributed by atoms with Crippen molar-refractivity contribution in [1.29, 1.82) is 0 Å². The van der Waals surface area contributed by atoms with Crippen LogP contribution in [0.5, 0.6) is 0 Å². The lowest BCUT2D eigenvalue weighted by molar-refractivity contribution is -0.276. The number of hydrogen-bond donors (Lipinski definition) is 2. The number of hydrogen-bond acceptors (Lipinski definition) is 5. The van der Waals surface area contributed by atoms with E-state index in [9.17, 15) is 9.90 Å². The van der Waals surface area contributed by atoms with E-state index in [2.05, 4.69) is 11.5 Å². The molecule has 1 saturated heterocycles. The summed E-state index contributed by atoms with van der Waals surface area (Å²) in [7, 11) is 0. The molecule has 0 spiro atoms. The van der Waals surface area contributed by atoms with Gasteiger partial charge in [-0.05, 0) is 31.3 Å². The van der Waals surface area contributed by atoms with Crippen LogP contribution in [0.1, 0.15) is 32.6 Å². The SMILES string of the molecule is C=C1C(=O)OC2C1CC=C1CC(C)(CCC1OO)C2O. The average Bonchev–Trinajstić information content (AvgIpc) is 2.71. The predicted octanol–water partition coefficient (Wildman–Crippen LogP) is 1.82. The molecule has 0 radical (unpaired) electrons. The minimum atomic E-state index is -0.723. The van der Waals surface area contributed by atoms with E-state index in [0.717, 1.165) is 5.57 Å². The van der Waals surface area contributed by atoms with Crippen LogP contribution in [0.4, 0.5) is 0 Å². The Morgan fingerprint density at radius 2 is 2.30 bits per heavy atom. The zero-order valence-electron chi connectivity index (χ0n) is 11.5. The number of rotatable bonds is 1. The maximum absolute atomic E-state index is 11.7. The number of carbonyl (C=O) groups is 1. The number of carbonyl (C=O) groups excluding carboxylic acids is 1. The first kappa shape index (κ1) is 13.8. The summed E-state index contributed by atoms with van der Waals surface area (Å²) in [6, 6.07) is 0. The van der Waals surface area contributed by atoms with Crippen molar-refractivity contribution in [3.8, 4) is 0 Å². The smallest absolute Gasteiger partial charge is 0.334 e. The van der Waals surface area contributed by atoms with Crippen molar-refractivity contribution in [1.82, 2.24) is 0 Å². The molecule has 0 aromatic heterocycles. The number of fused-ring (bicyclic) bond motifs is 3. The topological polar surface area (TPSA) is 76.0 Å². The highest BCUT2D eigenvalue weighted by atomic mass is 17.1. The minimum Gasteiger partial charge on any atom is -0.456 e. The maximum Gasteiger partial charge on any atom is 0.334 e. The van der Waals surface area contributed by atoms with Gasteiger partial charge in [0.25, 0.3) is 0 Å². The van der Waals surface area contributed by atoms with Gasteiger partial charge in [-0.1, -0.05) is 19.6 Å². The molecular formula is C15H20O5. The Morgan fingerprint density at radius 1 is 1.55 bits per heavy atom. The van der Waals surface area contributed by atoms with E-state index in [0.29, 0.717) is 31.3 Å². The van der Waals surface area contributed by atoms with Crippen LogP contribution in [0.3, 0.4) is 0 Å². The molecule has 3 rings (SSSR count). The van der Waals surface area contributed by atoms with E-state index in [1.165, 1.54) is 0 Å². The summed E-state index contributed by atoms with van der Waals surface area (Å²) < 4.78 is 5.34. The minimum absolute atomic E-state index is 0.190. The highest BCUT2D eigenvalue weighted by molar-refractivity contribution is 5.91. The third-order valence-corrected chi connectivity index (χ3v) is 5.14. The number of ether oxygens (including phenoxy) is 1. The van der Waals surface area contributed by atoms with Gasteiger partial charge in [0, 0.05) is 16.9 Å². The quantitative estimate of drug-likeness (QED) is 0.252. The first-order valence-electron chi connectivity index (χ1n) is 7.03. The molecule has 5 nitrogen and oxygen atoms in total. The van der Waals surface area contributed by atoms with Crippen LogP contribution in [0.15, 0.2) is 23.8 Å². The Hall–Kier alpha value is -1.17. The van der Waals surface area contributed by atoms with Gasteiger partial charge < -0.3 is 9.84 Å². The van der Waals surface area contributed by atoms with E-state index in [1.54, 1.807) is 0 Å². The molecule has 0 aromatic rings. The molecule has 2 fully saturated rings. The summed E-state index contributed by atoms with van der Waals surface area (Å²) in [5.74, 6) is -0.600. The van der Waals surface area contributed by atoms with Gasteiger partial charge in [0.1, 0.15) is 12.2 Å². The predicted molar refractivity (Wildman–Crippen MR) is 70.7 cm³/mol. The summed E-state index contributed by atoms with van der Waals surface area (Å²) in [5, 5.41) is 19.7. The van der Waals surface area contributed by atoms with E-state index in [1.807, 2.05) is 13.0 Å². The average molecular weight is 280 g/mol. The highest BCUT2D eigenvalue weighted by Crippen LogP contribution is 2.49. The Bertz CT molecular complexity index is 483. The van der Waals surface area contributed by atoms with Crippen LogP contribution in [-0.4, -0.2) is 34.6 Å². The lowest BCUT2D eigenvalue weighted by Gasteiger charge is -2.45. The standard InChI is InChI=1S/C15H20O5/c1-8-10-4-3-9-7-15(2,6-5-11(9)20-18)13(16)12(10)19-14(8)17/h3,10-13,16,18H,1,4-7H2,2H3. The maximum atomic E-state index is 11.7. The van der Waals surface area contributed by atoms with Crippen LogP contribution in [0, 0.1) is 11.3 Å². The van der Waals surface area contributed by atoms with Crippen LogP contribution >= 0.6 is 0 Å². The summed E-state index contributed by atoms with van der Waals surface area (Å²) in [6.45, 7) is 5.78. The Balaban J connectivity index is 1.99. The van der Waals surface area contributed by atoms with Crippen molar-refractivity contribution in [2.75, 3.05) is 0 Å². The van der Waals surface area contributed by atoms with E-state index in [-0.39, 0.29) is 17.4 Å². The van der Waals surface area contributed by atoms with Crippen molar-refractivity contribution in [3.63, 3.8) is 0 Å². The Labute approximate surface area is 117 Å². The van der Waals surface area contributed by atoms with Gasteiger partial charge in [-0.15, -0.1) is 0 Å². The molecule has 1 heterocycles. The number of aliphatic hydroxyl groups excluding tert-OH is 1. The second-order valence-electron chi connectivity index (χ2n) is 6.42. The molecule has 1 saturated carbocycles. The van der Waals surface area contributed by atoms with Gasteiger partial charge in [0.15, 0.2) is 0 Å². The molecule has 0 amide bonds. The second-order valence-corrected chi connectivity index (χ2v) is 6.42. The van der Waals surface area contributed by atoms with Crippen molar-refractivity contribution in [3.05, 3.63) is 23.8 Å². The zero-order valence-corrected chi connectivity index (χ0v) is 11.5. The monoisotopic (exact) mass is 280 g/mol. The molecule has 20 heavy (non-hydrogen) atoms. The van der Waals surface area contributed by atoms with Crippen LogP contribution in [0.25, 0.3) is 0 Å². The molecule has 2 aliphatic carbocycles. The molecule has 5 unspecified atom stereocenters. The molecular weight excluding hydrogens is 260 g/mol. The molecule has 1 aliphatic heterocycles. The zero-order chi connectivity index (χ0) is 14.5. The second kappa shape index (κ2) is 4.69. The fourth-order valence-corrected chi connectivity index (χ4v) is 3.76. The van der Waals surface area contributed by atoms with Gasteiger partial charge in [-0.2, -0.15) is 0 Å². The van der Waals surface area contributed by atoms with Gasteiger partial charge >= 0.3 is 5.97 Å². The largest absolute Gasteiger partial charge is 0.456 e. The van der Waals surface area contributed by atoms with Crippen molar-refractivity contribution < 1.29 is 24.8 Å². The summed E-state index contributed by atoms with van der Waals surface area (Å²) >= 11 is 0. The summed E-state index contributed by atoms with van der Waals surface area (Å²) in [5.41, 5.74) is 1.05. The first-order valence-corrected chi connectivity index (χ1v) is 7.03.